The van der Waals surface area contributed by atoms with Crippen LogP contribution in [0.1, 0.15) is 31.9 Å². The summed E-state index contributed by atoms with van der Waals surface area (Å²) in [6, 6.07) is 0. The highest BCUT2D eigenvalue weighted by atomic mass is 35.5. The Bertz CT molecular complexity index is 329. The van der Waals surface area contributed by atoms with Gasteiger partial charge in [0.15, 0.2) is 0 Å². The van der Waals surface area contributed by atoms with Crippen LogP contribution in [0.5, 0.6) is 0 Å². The molecule has 0 aliphatic carbocycles. The molecule has 0 aliphatic heterocycles. The molecule has 0 N–H and O–H groups in total. The Hall–Kier alpha value is -1.08. The summed E-state index contributed by atoms with van der Waals surface area (Å²) in [6.07, 6.45) is 5.06. The van der Waals surface area contributed by atoms with Crippen LogP contribution in [0.3, 0.4) is 0 Å². The van der Waals surface area contributed by atoms with Crippen molar-refractivity contribution in [2.45, 2.75) is 20.8 Å². The second-order valence-electron chi connectivity index (χ2n) is 2.57. The standard InChI is InChI=1S/C10H10ClN.C2H6/c1-4-8-5-12-6-9(11)10(8)7(2)3;1-2/h4-6H,1-2H2,3H3;1-2H3. The minimum Gasteiger partial charge on any atom is -0.263 e. The average molecular weight is 210 g/mol. The Balaban J connectivity index is 0.000000791. The van der Waals surface area contributed by atoms with Gasteiger partial charge in [-0.1, -0.05) is 44.7 Å². The van der Waals surface area contributed by atoms with Crippen molar-refractivity contribution in [2.24, 2.45) is 0 Å². The molecule has 0 saturated carbocycles. The number of allylic oxidation sites excluding steroid dienone is 1. The Morgan fingerprint density at radius 3 is 2.36 bits per heavy atom. The lowest BCUT2D eigenvalue weighted by Crippen LogP contribution is -1.87. The molecule has 0 aromatic carbocycles. The smallest absolute Gasteiger partial charge is 0.0670 e. The van der Waals surface area contributed by atoms with Crippen LogP contribution in [0.4, 0.5) is 0 Å². The highest BCUT2D eigenvalue weighted by Gasteiger charge is 2.04. The van der Waals surface area contributed by atoms with Gasteiger partial charge in [-0.2, -0.15) is 0 Å². The van der Waals surface area contributed by atoms with Crippen LogP contribution in [-0.4, -0.2) is 4.98 Å². The molecule has 1 aromatic heterocycles. The molecule has 1 aromatic rings. The summed E-state index contributed by atoms with van der Waals surface area (Å²) < 4.78 is 0. The van der Waals surface area contributed by atoms with Crippen LogP contribution >= 0.6 is 11.6 Å². The Morgan fingerprint density at radius 2 is 2.00 bits per heavy atom. The van der Waals surface area contributed by atoms with Gasteiger partial charge in [-0.25, -0.2) is 0 Å². The Morgan fingerprint density at radius 1 is 1.43 bits per heavy atom. The van der Waals surface area contributed by atoms with Crippen molar-refractivity contribution in [3.63, 3.8) is 0 Å². The van der Waals surface area contributed by atoms with E-state index in [1.54, 1.807) is 18.5 Å². The fourth-order valence-corrected chi connectivity index (χ4v) is 1.38. The molecule has 0 atom stereocenters. The second-order valence-corrected chi connectivity index (χ2v) is 2.98. The summed E-state index contributed by atoms with van der Waals surface area (Å²) >= 11 is 5.93. The molecule has 1 heterocycles. The molecule has 0 saturated heterocycles. The molecule has 0 bridgehead atoms. The largest absolute Gasteiger partial charge is 0.263 e. The SMILES string of the molecule is C=Cc1cncc(Cl)c1C(=C)C.CC. The maximum Gasteiger partial charge on any atom is 0.0670 e. The minimum atomic E-state index is 0.625. The molecular weight excluding hydrogens is 194 g/mol. The topological polar surface area (TPSA) is 12.9 Å². The average Bonchev–Trinajstić information content (AvgIpc) is 2.19. The molecule has 0 amide bonds. The molecule has 14 heavy (non-hydrogen) atoms. The van der Waals surface area contributed by atoms with Gasteiger partial charge in [0.1, 0.15) is 0 Å². The zero-order valence-corrected chi connectivity index (χ0v) is 9.73. The summed E-state index contributed by atoms with van der Waals surface area (Å²) in [5, 5.41) is 0.625. The van der Waals surface area contributed by atoms with Gasteiger partial charge in [0.2, 0.25) is 0 Å². The number of pyridine rings is 1. The fraction of sp³-hybridized carbons (Fsp3) is 0.250. The molecule has 0 unspecified atom stereocenters. The van der Waals surface area contributed by atoms with E-state index in [-0.39, 0.29) is 0 Å². The lowest BCUT2D eigenvalue weighted by Gasteiger charge is -2.05. The van der Waals surface area contributed by atoms with Crippen LogP contribution < -0.4 is 0 Å². The van der Waals surface area contributed by atoms with E-state index in [1.807, 2.05) is 20.8 Å². The van der Waals surface area contributed by atoms with Gasteiger partial charge in [0, 0.05) is 23.5 Å². The van der Waals surface area contributed by atoms with Crippen molar-refractivity contribution in [1.82, 2.24) is 4.98 Å². The molecule has 0 fully saturated rings. The van der Waals surface area contributed by atoms with Gasteiger partial charge in [-0.05, 0) is 12.5 Å². The summed E-state index contributed by atoms with van der Waals surface area (Å²) in [6.45, 7) is 13.4. The molecule has 0 radical (unpaired) electrons. The van der Waals surface area contributed by atoms with Crippen molar-refractivity contribution < 1.29 is 0 Å². The number of hydrogen-bond donors (Lipinski definition) is 0. The van der Waals surface area contributed by atoms with E-state index in [2.05, 4.69) is 18.1 Å². The first-order valence-electron chi connectivity index (χ1n) is 4.58. The van der Waals surface area contributed by atoms with Crippen LogP contribution in [0.15, 0.2) is 25.6 Å². The quantitative estimate of drug-likeness (QED) is 0.702. The summed E-state index contributed by atoms with van der Waals surface area (Å²) in [5.74, 6) is 0. The highest BCUT2D eigenvalue weighted by Crippen LogP contribution is 2.25. The van der Waals surface area contributed by atoms with Crippen LogP contribution in [-0.2, 0) is 0 Å². The number of hydrogen-bond acceptors (Lipinski definition) is 1. The number of nitrogens with zero attached hydrogens (tertiary/aromatic N) is 1. The first-order chi connectivity index (χ1) is 6.66. The zero-order chi connectivity index (χ0) is 11.1. The van der Waals surface area contributed by atoms with Gasteiger partial charge >= 0.3 is 0 Å². The van der Waals surface area contributed by atoms with Gasteiger partial charge in [-0.15, -0.1) is 0 Å². The summed E-state index contributed by atoms with van der Waals surface area (Å²) in [7, 11) is 0. The molecule has 0 spiro atoms. The van der Waals surface area contributed by atoms with Crippen molar-refractivity contribution in [1.29, 1.82) is 0 Å². The third-order valence-electron chi connectivity index (χ3n) is 1.58. The van der Waals surface area contributed by atoms with E-state index in [0.29, 0.717) is 5.02 Å². The Labute approximate surface area is 91.1 Å². The number of rotatable bonds is 2. The third kappa shape index (κ3) is 3.00. The van der Waals surface area contributed by atoms with E-state index in [9.17, 15) is 0 Å². The van der Waals surface area contributed by atoms with Gasteiger partial charge < -0.3 is 0 Å². The van der Waals surface area contributed by atoms with Gasteiger partial charge in [0.05, 0.1) is 5.02 Å². The molecule has 1 rings (SSSR count). The molecule has 1 nitrogen and oxygen atoms in total. The predicted octanol–water partition coefficient (Wildman–Crippen LogP) is 4.44. The lowest BCUT2D eigenvalue weighted by molar-refractivity contribution is 1.30. The van der Waals surface area contributed by atoms with E-state index in [0.717, 1.165) is 16.7 Å². The third-order valence-corrected chi connectivity index (χ3v) is 1.86. The van der Waals surface area contributed by atoms with Crippen LogP contribution in [0, 0.1) is 0 Å². The highest BCUT2D eigenvalue weighted by molar-refractivity contribution is 6.32. The molecule has 2 heteroatoms. The van der Waals surface area contributed by atoms with E-state index in [1.165, 1.54) is 0 Å². The lowest BCUT2D eigenvalue weighted by atomic mass is 10.1. The molecule has 76 valence electrons. The maximum atomic E-state index is 5.93. The molecular formula is C12H16ClN. The van der Waals surface area contributed by atoms with Crippen molar-refractivity contribution in [2.75, 3.05) is 0 Å². The first kappa shape index (κ1) is 12.9. The summed E-state index contributed by atoms with van der Waals surface area (Å²) in [4.78, 5) is 3.95. The fourth-order valence-electron chi connectivity index (χ4n) is 1.06. The minimum absolute atomic E-state index is 0.625. The van der Waals surface area contributed by atoms with E-state index in [4.69, 9.17) is 11.6 Å². The van der Waals surface area contributed by atoms with Crippen molar-refractivity contribution in [3.05, 3.63) is 41.7 Å². The van der Waals surface area contributed by atoms with Gasteiger partial charge in [-0.3, -0.25) is 4.98 Å². The van der Waals surface area contributed by atoms with Crippen molar-refractivity contribution >= 4 is 23.3 Å². The normalized spacial score (nSPS) is 8.57. The van der Waals surface area contributed by atoms with E-state index < -0.39 is 0 Å². The number of aromatic nitrogens is 1. The second kappa shape index (κ2) is 6.39. The number of halogens is 1. The monoisotopic (exact) mass is 209 g/mol. The van der Waals surface area contributed by atoms with Crippen LogP contribution in [0.25, 0.3) is 11.6 Å². The molecule has 0 aliphatic rings. The first-order valence-corrected chi connectivity index (χ1v) is 4.96. The van der Waals surface area contributed by atoms with E-state index >= 15 is 0 Å². The maximum absolute atomic E-state index is 5.93. The van der Waals surface area contributed by atoms with Gasteiger partial charge in [0.25, 0.3) is 0 Å². The van der Waals surface area contributed by atoms with Crippen molar-refractivity contribution in [3.8, 4) is 0 Å². The Kier molecular flexibility index (Phi) is 5.89. The zero-order valence-electron chi connectivity index (χ0n) is 8.97. The van der Waals surface area contributed by atoms with Crippen LogP contribution in [0.2, 0.25) is 5.02 Å². The predicted molar refractivity (Wildman–Crippen MR) is 65.4 cm³/mol. The summed E-state index contributed by atoms with van der Waals surface area (Å²) in [5.41, 5.74) is 2.79.